The molecule has 0 aromatic heterocycles. The molecule has 0 fully saturated rings. The van der Waals surface area contributed by atoms with E-state index < -0.39 is 5.54 Å². The molecule has 0 saturated heterocycles. The fourth-order valence-corrected chi connectivity index (χ4v) is 1.43. The molecule has 1 aromatic rings. The summed E-state index contributed by atoms with van der Waals surface area (Å²) in [6.07, 6.45) is 0. The zero-order valence-corrected chi connectivity index (χ0v) is 11.3. The topological polar surface area (TPSA) is 41.1 Å². The summed E-state index contributed by atoms with van der Waals surface area (Å²) in [6, 6.07) is 6.25. The van der Waals surface area contributed by atoms with E-state index in [0.717, 1.165) is 5.56 Å². The quantitative estimate of drug-likeness (QED) is 0.835. The lowest BCUT2D eigenvalue weighted by molar-refractivity contribution is -0.126. The van der Waals surface area contributed by atoms with Crippen molar-refractivity contribution in [1.29, 1.82) is 0 Å². The van der Waals surface area contributed by atoms with Crippen molar-refractivity contribution in [1.82, 2.24) is 10.6 Å². The molecule has 3 nitrogen and oxygen atoms in total. The Balaban J connectivity index is 2.62. The van der Waals surface area contributed by atoms with Crippen LogP contribution >= 0.6 is 0 Å². The molecular formula is C14H22N2O. The summed E-state index contributed by atoms with van der Waals surface area (Å²) in [7, 11) is 1.79. The Kier molecular flexibility index (Phi) is 4.29. The predicted molar refractivity (Wildman–Crippen MR) is 70.9 cm³/mol. The van der Waals surface area contributed by atoms with Gasteiger partial charge >= 0.3 is 0 Å². The van der Waals surface area contributed by atoms with Gasteiger partial charge in [-0.25, -0.2) is 0 Å². The normalized spacial score (nSPS) is 11.4. The fourth-order valence-electron chi connectivity index (χ4n) is 1.43. The second kappa shape index (κ2) is 5.32. The Morgan fingerprint density at radius 2 is 1.88 bits per heavy atom. The number of likely N-dealkylation sites (N-methyl/N-ethyl adjacent to an activating group) is 1. The van der Waals surface area contributed by atoms with Crippen LogP contribution in [0.25, 0.3) is 0 Å². The smallest absolute Gasteiger partial charge is 0.239 e. The van der Waals surface area contributed by atoms with Crippen LogP contribution in [0.4, 0.5) is 0 Å². The van der Waals surface area contributed by atoms with Crippen LogP contribution in [-0.2, 0) is 11.3 Å². The largest absolute Gasteiger partial charge is 0.350 e. The number of amides is 1. The molecule has 0 aliphatic heterocycles. The van der Waals surface area contributed by atoms with Crippen LogP contribution in [0.1, 0.15) is 30.5 Å². The highest BCUT2D eigenvalue weighted by atomic mass is 16.2. The number of hydrogen-bond acceptors (Lipinski definition) is 2. The molecule has 0 saturated carbocycles. The summed E-state index contributed by atoms with van der Waals surface area (Å²) < 4.78 is 0. The van der Waals surface area contributed by atoms with E-state index in [1.165, 1.54) is 11.1 Å². The number of rotatable bonds is 4. The molecule has 0 spiro atoms. The van der Waals surface area contributed by atoms with Gasteiger partial charge < -0.3 is 10.6 Å². The molecule has 3 heteroatoms. The standard InChI is InChI=1S/C14H22N2O/c1-10-6-7-12(8-11(10)2)9-16-13(17)14(3,4)15-5/h6-8,15H,9H2,1-5H3,(H,16,17). The molecule has 1 amide bonds. The average Bonchev–Trinajstić information content (AvgIpc) is 2.30. The van der Waals surface area contributed by atoms with Crippen molar-refractivity contribution in [3.05, 3.63) is 34.9 Å². The molecule has 2 N–H and O–H groups in total. The Hall–Kier alpha value is -1.35. The Labute approximate surface area is 104 Å². The monoisotopic (exact) mass is 234 g/mol. The summed E-state index contributed by atoms with van der Waals surface area (Å²) in [6.45, 7) is 8.47. The SMILES string of the molecule is CNC(C)(C)C(=O)NCc1ccc(C)c(C)c1. The Morgan fingerprint density at radius 1 is 1.24 bits per heavy atom. The van der Waals surface area contributed by atoms with E-state index in [9.17, 15) is 4.79 Å². The van der Waals surface area contributed by atoms with Crippen LogP contribution in [0.3, 0.4) is 0 Å². The highest BCUT2D eigenvalue weighted by Crippen LogP contribution is 2.10. The van der Waals surface area contributed by atoms with Gasteiger partial charge in [-0.2, -0.15) is 0 Å². The van der Waals surface area contributed by atoms with Crippen molar-refractivity contribution in [2.24, 2.45) is 0 Å². The van der Waals surface area contributed by atoms with Crippen LogP contribution in [0, 0.1) is 13.8 Å². The van der Waals surface area contributed by atoms with Gasteiger partial charge in [0.1, 0.15) is 0 Å². The van der Waals surface area contributed by atoms with Crippen molar-refractivity contribution < 1.29 is 4.79 Å². The molecule has 0 heterocycles. The van der Waals surface area contributed by atoms with Crippen LogP contribution in [0.2, 0.25) is 0 Å². The zero-order chi connectivity index (χ0) is 13.1. The minimum Gasteiger partial charge on any atom is -0.350 e. The Bertz CT molecular complexity index is 411. The summed E-state index contributed by atoms with van der Waals surface area (Å²) in [5, 5.41) is 5.92. The fraction of sp³-hybridized carbons (Fsp3) is 0.500. The molecule has 0 radical (unpaired) electrons. The number of benzene rings is 1. The van der Waals surface area contributed by atoms with E-state index in [0.29, 0.717) is 6.54 Å². The first kappa shape index (κ1) is 13.7. The zero-order valence-electron chi connectivity index (χ0n) is 11.3. The molecule has 0 atom stereocenters. The lowest BCUT2D eigenvalue weighted by Crippen LogP contribution is -2.50. The van der Waals surface area contributed by atoms with Crippen molar-refractivity contribution >= 4 is 5.91 Å². The van der Waals surface area contributed by atoms with Gasteiger partial charge in [-0.1, -0.05) is 18.2 Å². The number of nitrogens with one attached hydrogen (secondary N) is 2. The van der Waals surface area contributed by atoms with Crippen molar-refractivity contribution in [3.8, 4) is 0 Å². The summed E-state index contributed by atoms with van der Waals surface area (Å²) >= 11 is 0. The van der Waals surface area contributed by atoms with E-state index >= 15 is 0 Å². The van der Waals surface area contributed by atoms with Gasteiger partial charge in [-0.3, -0.25) is 4.79 Å². The molecule has 0 bridgehead atoms. The van der Waals surface area contributed by atoms with Gasteiger partial charge in [-0.05, 0) is 51.4 Å². The number of hydrogen-bond donors (Lipinski definition) is 2. The molecule has 1 rings (SSSR count). The van der Waals surface area contributed by atoms with Gasteiger partial charge in [0, 0.05) is 6.54 Å². The maximum atomic E-state index is 11.8. The molecule has 0 aliphatic carbocycles. The second-order valence-corrected chi connectivity index (χ2v) is 4.98. The maximum Gasteiger partial charge on any atom is 0.239 e. The third-order valence-corrected chi connectivity index (χ3v) is 3.22. The minimum absolute atomic E-state index is 0.0122. The van der Waals surface area contributed by atoms with E-state index in [-0.39, 0.29) is 5.91 Å². The first-order valence-electron chi connectivity index (χ1n) is 5.90. The van der Waals surface area contributed by atoms with Crippen molar-refractivity contribution in [2.75, 3.05) is 7.05 Å². The van der Waals surface area contributed by atoms with Crippen LogP contribution in [0.15, 0.2) is 18.2 Å². The molecule has 94 valence electrons. The lowest BCUT2D eigenvalue weighted by Gasteiger charge is -2.22. The van der Waals surface area contributed by atoms with Gasteiger partial charge in [0.05, 0.1) is 5.54 Å². The second-order valence-electron chi connectivity index (χ2n) is 4.98. The van der Waals surface area contributed by atoms with E-state index in [1.54, 1.807) is 7.05 Å². The highest BCUT2D eigenvalue weighted by Gasteiger charge is 2.24. The predicted octanol–water partition coefficient (Wildman–Crippen LogP) is 1.92. The number of carbonyl (C=O) groups excluding carboxylic acids is 1. The Morgan fingerprint density at radius 3 is 2.41 bits per heavy atom. The van der Waals surface area contributed by atoms with Gasteiger partial charge in [-0.15, -0.1) is 0 Å². The molecule has 0 aliphatic rings. The summed E-state index contributed by atoms with van der Waals surface area (Å²) in [4.78, 5) is 11.8. The maximum absolute atomic E-state index is 11.8. The van der Waals surface area contributed by atoms with Crippen LogP contribution < -0.4 is 10.6 Å². The van der Waals surface area contributed by atoms with Gasteiger partial charge in [0.2, 0.25) is 5.91 Å². The number of carbonyl (C=O) groups is 1. The number of aryl methyl sites for hydroxylation is 2. The minimum atomic E-state index is -0.528. The third-order valence-electron chi connectivity index (χ3n) is 3.22. The first-order valence-corrected chi connectivity index (χ1v) is 5.90. The van der Waals surface area contributed by atoms with Crippen LogP contribution in [-0.4, -0.2) is 18.5 Å². The molecule has 17 heavy (non-hydrogen) atoms. The van der Waals surface area contributed by atoms with E-state index in [2.05, 4.69) is 42.7 Å². The van der Waals surface area contributed by atoms with Gasteiger partial charge in [0.15, 0.2) is 0 Å². The van der Waals surface area contributed by atoms with Gasteiger partial charge in [0.25, 0.3) is 0 Å². The first-order chi connectivity index (χ1) is 7.86. The van der Waals surface area contributed by atoms with Crippen LogP contribution in [0.5, 0.6) is 0 Å². The van der Waals surface area contributed by atoms with E-state index in [1.807, 2.05) is 13.8 Å². The highest BCUT2D eigenvalue weighted by molar-refractivity contribution is 5.85. The molecular weight excluding hydrogens is 212 g/mol. The lowest BCUT2D eigenvalue weighted by atomic mass is 10.0. The molecule has 0 unspecified atom stereocenters. The third kappa shape index (κ3) is 3.56. The van der Waals surface area contributed by atoms with Crippen molar-refractivity contribution in [3.63, 3.8) is 0 Å². The summed E-state index contributed by atoms with van der Waals surface area (Å²) in [5.41, 5.74) is 3.13. The van der Waals surface area contributed by atoms with Crippen molar-refractivity contribution in [2.45, 2.75) is 39.8 Å². The summed E-state index contributed by atoms with van der Waals surface area (Å²) in [5.74, 6) is 0.0122. The average molecular weight is 234 g/mol. The van der Waals surface area contributed by atoms with E-state index in [4.69, 9.17) is 0 Å². The molecule has 1 aromatic carbocycles.